The van der Waals surface area contributed by atoms with Gasteiger partial charge in [-0.1, -0.05) is 25.6 Å². The van der Waals surface area contributed by atoms with Gasteiger partial charge < -0.3 is 10.1 Å². The van der Waals surface area contributed by atoms with Crippen molar-refractivity contribution < 1.29 is 4.74 Å². The maximum absolute atomic E-state index is 5.24. The van der Waals surface area contributed by atoms with Gasteiger partial charge in [-0.3, -0.25) is 4.90 Å². The van der Waals surface area contributed by atoms with Crippen LogP contribution in [0.15, 0.2) is 36.4 Å². The number of ether oxygens (including phenoxy) is 1. The molecule has 0 amide bonds. The van der Waals surface area contributed by atoms with Crippen molar-refractivity contribution in [3.63, 3.8) is 0 Å². The quantitative estimate of drug-likeness (QED) is 0.547. The van der Waals surface area contributed by atoms with E-state index in [-0.39, 0.29) is 0 Å². The van der Waals surface area contributed by atoms with E-state index in [0.717, 1.165) is 38.3 Å². The van der Waals surface area contributed by atoms with E-state index in [1.807, 2.05) is 12.1 Å². The van der Waals surface area contributed by atoms with Crippen LogP contribution in [0, 0.1) is 0 Å². The summed E-state index contributed by atoms with van der Waals surface area (Å²) in [6.07, 6.45) is 1.16. The van der Waals surface area contributed by atoms with E-state index < -0.39 is 0 Å². The first-order chi connectivity index (χ1) is 9.15. The SMILES string of the molecule is C=C(CNCCC)CN(C)Cc1cccc(OC)c1. The van der Waals surface area contributed by atoms with E-state index in [1.54, 1.807) is 7.11 Å². The summed E-state index contributed by atoms with van der Waals surface area (Å²) in [6.45, 7) is 10.1. The topological polar surface area (TPSA) is 24.5 Å². The summed E-state index contributed by atoms with van der Waals surface area (Å²) >= 11 is 0. The van der Waals surface area contributed by atoms with Gasteiger partial charge in [0.15, 0.2) is 0 Å². The third-order valence-electron chi connectivity index (χ3n) is 2.88. The van der Waals surface area contributed by atoms with Gasteiger partial charge >= 0.3 is 0 Å². The maximum atomic E-state index is 5.24. The van der Waals surface area contributed by atoms with E-state index in [1.165, 1.54) is 11.1 Å². The highest BCUT2D eigenvalue weighted by Gasteiger charge is 2.03. The maximum Gasteiger partial charge on any atom is 0.119 e. The second-order valence-electron chi connectivity index (χ2n) is 4.95. The van der Waals surface area contributed by atoms with E-state index in [4.69, 9.17) is 4.74 Å². The number of benzene rings is 1. The zero-order chi connectivity index (χ0) is 14.1. The third kappa shape index (κ3) is 6.41. The molecule has 0 saturated heterocycles. The molecule has 0 fully saturated rings. The highest BCUT2D eigenvalue weighted by atomic mass is 16.5. The fourth-order valence-electron chi connectivity index (χ4n) is 2.02. The Hall–Kier alpha value is -1.32. The van der Waals surface area contributed by atoms with Crippen molar-refractivity contribution in [1.29, 1.82) is 0 Å². The molecule has 0 aliphatic heterocycles. The van der Waals surface area contributed by atoms with E-state index in [9.17, 15) is 0 Å². The molecule has 0 heterocycles. The van der Waals surface area contributed by atoms with Gasteiger partial charge in [-0.15, -0.1) is 0 Å². The van der Waals surface area contributed by atoms with Gasteiger partial charge in [-0.25, -0.2) is 0 Å². The molecule has 0 atom stereocenters. The Bertz CT molecular complexity index is 390. The average molecular weight is 262 g/mol. The monoisotopic (exact) mass is 262 g/mol. The molecule has 3 heteroatoms. The van der Waals surface area contributed by atoms with Crippen molar-refractivity contribution in [3.8, 4) is 5.75 Å². The number of nitrogens with one attached hydrogen (secondary N) is 1. The Morgan fingerprint density at radius 2 is 2.21 bits per heavy atom. The van der Waals surface area contributed by atoms with E-state index in [0.29, 0.717) is 0 Å². The minimum absolute atomic E-state index is 0.899. The number of hydrogen-bond acceptors (Lipinski definition) is 3. The standard InChI is InChI=1S/C16H26N2O/c1-5-9-17-11-14(2)12-18(3)13-15-7-6-8-16(10-15)19-4/h6-8,10,17H,2,5,9,11-13H2,1,3-4H3. The lowest BCUT2D eigenvalue weighted by atomic mass is 10.2. The Balaban J connectivity index is 2.37. The number of rotatable bonds is 9. The molecule has 0 aliphatic rings. The number of nitrogens with zero attached hydrogens (tertiary/aromatic N) is 1. The lowest BCUT2D eigenvalue weighted by molar-refractivity contribution is 0.350. The minimum Gasteiger partial charge on any atom is -0.497 e. The molecule has 1 N–H and O–H groups in total. The summed E-state index contributed by atoms with van der Waals surface area (Å²) < 4.78 is 5.24. The average Bonchev–Trinajstić information content (AvgIpc) is 2.39. The molecule has 1 aromatic rings. The van der Waals surface area contributed by atoms with Gasteiger partial charge in [-0.2, -0.15) is 0 Å². The van der Waals surface area contributed by atoms with Crippen LogP contribution in [0.3, 0.4) is 0 Å². The molecule has 1 aromatic carbocycles. The number of likely N-dealkylation sites (N-methyl/N-ethyl adjacent to an activating group) is 1. The predicted molar refractivity (Wildman–Crippen MR) is 81.6 cm³/mol. The summed E-state index contributed by atoms with van der Waals surface area (Å²) in [4.78, 5) is 2.27. The molecule has 0 unspecified atom stereocenters. The molecule has 0 radical (unpaired) electrons. The molecular weight excluding hydrogens is 236 g/mol. The van der Waals surface area contributed by atoms with E-state index in [2.05, 4.69) is 42.9 Å². The molecule has 1 rings (SSSR count). The zero-order valence-corrected chi connectivity index (χ0v) is 12.4. The summed E-state index contributed by atoms with van der Waals surface area (Å²) in [6, 6.07) is 8.20. The first kappa shape index (κ1) is 15.7. The summed E-state index contributed by atoms with van der Waals surface area (Å²) in [7, 11) is 3.81. The number of methoxy groups -OCH3 is 1. The normalized spacial score (nSPS) is 10.7. The lowest BCUT2D eigenvalue weighted by Crippen LogP contribution is -2.26. The van der Waals surface area contributed by atoms with Crippen LogP contribution in [0.4, 0.5) is 0 Å². The highest BCUT2D eigenvalue weighted by Crippen LogP contribution is 2.14. The minimum atomic E-state index is 0.899. The van der Waals surface area contributed by atoms with Crippen molar-refractivity contribution in [3.05, 3.63) is 42.0 Å². The molecule has 0 saturated carbocycles. The molecule has 19 heavy (non-hydrogen) atoms. The highest BCUT2D eigenvalue weighted by molar-refractivity contribution is 5.28. The molecule has 3 nitrogen and oxygen atoms in total. The van der Waals surface area contributed by atoms with Crippen LogP contribution in [0.2, 0.25) is 0 Å². The molecular formula is C16H26N2O. The molecule has 0 aliphatic carbocycles. The van der Waals surface area contributed by atoms with Crippen molar-refractivity contribution >= 4 is 0 Å². The van der Waals surface area contributed by atoms with Gasteiger partial charge in [0.1, 0.15) is 5.75 Å². The van der Waals surface area contributed by atoms with Crippen LogP contribution in [0.1, 0.15) is 18.9 Å². The fraction of sp³-hybridized carbons (Fsp3) is 0.500. The smallest absolute Gasteiger partial charge is 0.119 e. The summed E-state index contributed by atoms with van der Waals surface area (Å²) in [5.41, 5.74) is 2.48. The Kier molecular flexibility index (Phi) is 7.23. The molecule has 0 aromatic heterocycles. The second-order valence-corrected chi connectivity index (χ2v) is 4.95. The van der Waals surface area contributed by atoms with Crippen molar-refractivity contribution in [2.24, 2.45) is 0 Å². The Morgan fingerprint density at radius 1 is 1.42 bits per heavy atom. The fourth-order valence-corrected chi connectivity index (χ4v) is 2.02. The second kappa shape index (κ2) is 8.73. The molecule has 0 bridgehead atoms. The summed E-state index contributed by atoms with van der Waals surface area (Å²) in [5, 5.41) is 3.38. The molecule has 106 valence electrons. The Morgan fingerprint density at radius 3 is 2.89 bits per heavy atom. The van der Waals surface area contributed by atoms with Gasteiger partial charge in [0.05, 0.1) is 7.11 Å². The van der Waals surface area contributed by atoms with Crippen LogP contribution < -0.4 is 10.1 Å². The summed E-state index contributed by atoms with van der Waals surface area (Å²) in [5.74, 6) is 0.911. The van der Waals surface area contributed by atoms with Crippen LogP contribution in [-0.2, 0) is 6.54 Å². The van der Waals surface area contributed by atoms with Crippen LogP contribution in [0.5, 0.6) is 5.75 Å². The van der Waals surface area contributed by atoms with Gasteiger partial charge in [0.25, 0.3) is 0 Å². The predicted octanol–water partition coefficient (Wildman–Crippen LogP) is 2.68. The Labute approximate surface area is 117 Å². The zero-order valence-electron chi connectivity index (χ0n) is 12.4. The van der Waals surface area contributed by atoms with Gasteiger partial charge in [-0.05, 0) is 43.3 Å². The van der Waals surface area contributed by atoms with Crippen molar-refractivity contribution in [2.75, 3.05) is 33.8 Å². The van der Waals surface area contributed by atoms with Crippen LogP contribution in [0.25, 0.3) is 0 Å². The molecule has 0 spiro atoms. The number of hydrogen-bond donors (Lipinski definition) is 1. The first-order valence-corrected chi connectivity index (χ1v) is 6.84. The van der Waals surface area contributed by atoms with E-state index >= 15 is 0 Å². The van der Waals surface area contributed by atoms with Gasteiger partial charge in [0, 0.05) is 19.6 Å². The van der Waals surface area contributed by atoms with Gasteiger partial charge in [0.2, 0.25) is 0 Å². The first-order valence-electron chi connectivity index (χ1n) is 6.84. The van der Waals surface area contributed by atoms with Crippen LogP contribution >= 0.6 is 0 Å². The largest absolute Gasteiger partial charge is 0.497 e. The van der Waals surface area contributed by atoms with Crippen LogP contribution in [-0.4, -0.2) is 38.7 Å². The van der Waals surface area contributed by atoms with Crippen molar-refractivity contribution in [2.45, 2.75) is 19.9 Å². The third-order valence-corrected chi connectivity index (χ3v) is 2.88. The van der Waals surface area contributed by atoms with Crippen molar-refractivity contribution in [1.82, 2.24) is 10.2 Å². The lowest BCUT2D eigenvalue weighted by Gasteiger charge is -2.19.